The van der Waals surface area contributed by atoms with E-state index in [1.54, 1.807) is 7.11 Å². The normalized spacial score (nSPS) is 11.7. The van der Waals surface area contributed by atoms with E-state index in [1.165, 1.54) is 5.56 Å². The van der Waals surface area contributed by atoms with Crippen LogP contribution in [0.2, 0.25) is 0 Å². The van der Waals surface area contributed by atoms with E-state index in [0.717, 1.165) is 17.9 Å². The summed E-state index contributed by atoms with van der Waals surface area (Å²) >= 11 is 0. The molecule has 0 bridgehead atoms. The van der Waals surface area contributed by atoms with Gasteiger partial charge < -0.3 is 10.1 Å². The van der Waals surface area contributed by atoms with Crippen LogP contribution < -0.4 is 10.1 Å². The average molecular weight is 283 g/mol. The standard InChI is InChI=1S/C18H21NO2/c1-3-14(15-7-5-4-6-8-15)13-18(20)19-16-9-11-17(21-2)12-10-16/h4-12,14H,3,13H2,1-2H3,(H,19,20). The maximum atomic E-state index is 12.2. The van der Waals surface area contributed by atoms with Gasteiger partial charge in [-0.2, -0.15) is 0 Å². The molecular formula is C18H21NO2. The highest BCUT2D eigenvalue weighted by Gasteiger charge is 2.14. The van der Waals surface area contributed by atoms with Crippen molar-refractivity contribution < 1.29 is 9.53 Å². The average Bonchev–Trinajstić information content (AvgIpc) is 2.54. The van der Waals surface area contributed by atoms with Crippen LogP contribution in [0.1, 0.15) is 31.2 Å². The van der Waals surface area contributed by atoms with Gasteiger partial charge in [0.05, 0.1) is 7.11 Å². The molecule has 1 unspecified atom stereocenters. The second-order valence-electron chi connectivity index (χ2n) is 5.00. The van der Waals surface area contributed by atoms with Gasteiger partial charge in [-0.15, -0.1) is 0 Å². The zero-order valence-electron chi connectivity index (χ0n) is 12.5. The molecule has 1 amide bonds. The van der Waals surface area contributed by atoms with E-state index in [4.69, 9.17) is 4.74 Å². The number of nitrogens with one attached hydrogen (secondary N) is 1. The van der Waals surface area contributed by atoms with Gasteiger partial charge in [-0.3, -0.25) is 4.79 Å². The van der Waals surface area contributed by atoms with Crippen molar-refractivity contribution in [3.8, 4) is 5.75 Å². The van der Waals surface area contributed by atoms with Crippen LogP contribution >= 0.6 is 0 Å². The van der Waals surface area contributed by atoms with Crippen molar-refractivity contribution in [1.82, 2.24) is 0 Å². The first-order valence-electron chi connectivity index (χ1n) is 7.21. The van der Waals surface area contributed by atoms with Crippen molar-refractivity contribution >= 4 is 11.6 Å². The highest BCUT2D eigenvalue weighted by atomic mass is 16.5. The molecule has 0 fully saturated rings. The van der Waals surface area contributed by atoms with Crippen LogP contribution in [-0.4, -0.2) is 13.0 Å². The summed E-state index contributed by atoms with van der Waals surface area (Å²) in [6, 6.07) is 17.5. The molecule has 2 aromatic rings. The van der Waals surface area contributed by atoms with E-state index in [9.17, 15) is 4.79 Å². The summed E-state index contributed by atoms with van der Waals surface area (Å²) in [5.74, 6) is 1.07. The highest BCUT2D eigenvalue weighted by molar-refractivity contribution is 5.91. The molecule has 0 saturated carbocycles. The Morgan fingerprint density at radius 1 is 1.10 bits per heavy atom. The summed E-state index contributed by atoms with van der Waals surface area (Å²) in [5, 5.41) is 2.93. The molecule has 3 heteroatoms. The summed E-state index contributed by atoms with van der Waals surface area (Å²) in [7, 11) is 1.62. The van der Waals surface area contributed by atoms with E-state index in [1.807, 2.05) is 42.5 Å². The maximum Gasteiger partial charge on any atom is 0.224 e. The Bertz CT molecular complexity index is 564. The van der Waals surface area contributed by atoms with Crippen LogP contribution in [0, 0.1) is 0 Å². The Kier molecular flexibility index (Phi) is 5.38. The number of hydrogen-bond acceptors (Lipinski definition) is 2. The number of hydrogen-bond donors (Lipinski definition) is 1. The summed E-state index contributed by atoms with van der Waals surface area (Å²) in [4.78, 5) is 12.2. The van der Waals surface area contributed by atoms with Crippen molar-refractivity contribution in [2.24, 2.45) is 0 Å². The van der Waals surface area contributed by atoms with E-state index >= 15 is 0 Å². The van der Waals surface area contributed by atoms with Crippen molar-refractivity contribution in [3.63, 3.8) is 0 Å². The number of anilines is 1. The lowest BCUT2D eigenvalue weighted by molar-refractivity contribution is -0.116. The lowest BCUT2D eigenvalue weighted by Gasteiger charge is -2.15. The van der Waals surface area contributed by atoms with Gasteiger partial charge in [-0.25, -0.2) is 0 Å². The third-order valence-corrected chi connectivity index (χ3v) is 3.57. The highest BCUT2D eigenvalue weighted by Crippen LogP contribution is 2.24. The molecule has 2 rings (SSSR count). The molecule has 1 N–H and O–H groups in total. The van der Waals surface area contributed by atoms with Gasteiger partial charge in [-0.05, 0) is 42.2 Å². The number of amides is 1. The van der Waals surface area contributed by atoms with Crippen molar-refractivity contribution in [2.75, 3.05) is 12.4 Å². The Labute approximate surface area is 126 Å². The van der Waals surface area contributed by atoms with E-state index < -0.39 is 0 Å². The number of rotatable bonds is 6. The first-order valence-corrected chi connectivity index (χ1v) is 7.21. The van der Waals surface area contributed by atoms with Gasteiger partial charge in [0.25, 0.3) is 0 Å². The molecule has 0 heterocycles. The summed E-state index contributed by atoms with van der Waals surface area (Å²) < 4.78 is 5.10. The van der Waals surface area contributed by atoms with Crippen LogP contribution in [0.5, 0.6) is 5.75 Å². The molecule has 3 nitrogen and oxygen atoms in total. The van der Waals surface area contributed by atoms with Gasteiger partial charge in [0, 0.05) is 12.1 Å². The smallest absolute Gasteiger partial charge is 0.224 e. The Morgan fingerprint density at radius 2 is 1.76 bits per heavy atom. The topological polar surface area (TPSA) is 38.3 Å². The van der Waals surface area contributed by atoms with Crippen LogP contribution in [0.3, 0.4) is 0 Å². The molecule has 0 aliphatic heterocycles. The fourth-order valence-electron chi connectivity index (χ4n) is 2.33. The zero-order valence-corrected chi connectivity index (χ0v) is 12.5. The largest absolute Gasteiger partial charge is 0.497 e. The fraction of sp³-hybridized carbons (Fsp3) is 0.278. The molecule has 0 radical (unpaired) electrons. The Hall–Kier alpha value is -2.29. The summed E-state index contributed by atoms with van der Waals surface area (Å²) in [6.45, 7) is 2.11. The molecule has 110 valence electrons. The molecule has 0 aliphatic carbocycles. The van der Waals surface area contributed by atoms with Gasteiger partial charge in [0.2, 0.25) is 5.91 Å². The van der Waals surface area contributed by atoms with Crippen LogP contribution in [-0.2, 0) is 4.79 Å². The van der Waals surface area contributed by atoms with Gasteiger partial charge in [0.15, 0.2) is 0 Å². The zero-order chi connectivity index (χ0) is 15.1. The molecule has 0 aliphatic rings. The fourth-order valence-corrected chi connectivity index (χ4v) is 2.33. The molecule has 0 aromatic heterocycles. The number of carbonyl (C=O) groups is 1. The summed E-state index contributed by atoms with van der Waals surface area (Å²) in [5.41, 5.74) is 2.01. The van der Waals surface area contributed by atoms with Crippen molar-refractivity contribution in [2.45, 2.75) is 25.7 Å². The first kappa shape index (κ1) is 15.1. The van der Waals surface area contributed by atoms with Crippen LogP contribution in [0.15, 0.2) is 54.6 Å². The van der Waals surface area contributed by atoms with Gasteiger partial charge >= 0.3 is 0 Å². The molecule has 1 atom stereocenters. The Balaban J connectivity index is 1.96. The minimum absolute atomic E-state index is 0.0378. The molecule has 0 spiro atoms. The number of benzene rings is 2. The minimum Gasteiger partial charge on any atom is -0.497 e. The van der Waals surface area contributed by atoms with E-state index in [0.29, 0.717) is 6.42 Å². The number of carbonyl (C=O) groups excluding carboxylic acids is 1. The van der Waals surface area contributed by atoms with Crippen LogP contribution in [0.4, 0.5) is 5.69 Å². The van der Waals surface area contributed by atoms with Crippen LogP contribution in [0.25, 0.3) is 0 Å². The SMILES string of the molecule is CCC(CC(=O)Nc1ccc(OC)cc1)c1ccccc1. The molecule has 2 aromatic carbocycles. The predicted octanol–water partition coefficient (Wildman–Crippen LogP) is 4.22. The lowest BCUT2D eigenvalue weighted by Crippen LogP contribution is -2.15. The van der Waals surface area contributed by atoms with E-state index in [2.05, 4.69) is 24.4 Å². The van der Waals surface area contributed by atoms with E-state index in [-0.39, 0.29) is 11.8 Å². The van der Waals surface area contributed by atoms with Gasteiger partial charge in [-0.1, -0.05) is 37.3 Å². The second kappa shape index (κ2) is 7.48. The number of ether oxygens (including phenoxy) is 1. The van der Waals surface area contributed by atoms with Crippen molar-refractivity contribution in [3.05, 3.63) is 60.2 Å². The molecule has 0 saturated heterocycles. The monoisotopic (exact) mass is 283 g/mol. The third-order valence-electron chi connectivity index (χ3n) is 3.57. The molecule has 21 heavy (non-hydrogen) atoms. The number of methoxy groups -OCH3 is 1. The first-order chi connectivity index (χ1) is 10.2. The minimum atomic E-state index is 0.0378. The Morgan fingerprint density at radius 3 is 2.33 bits per heavy atom. The predicted molar refractivity (Wildman–Crippen MR) is 85.7 cm³/mol. The third kappa shape index (κ3) is 4.35. The van der Waals surface area contributed by atoms with Gasteiger partial charge in [0.1, 0.15) is 5.75 Å². The maximum absolute atomic E-state index is 12.2. The summed E-state index contributed by atoms with van der Waals surface area (Å²) in [6.07, 6.45) is 1.44. The lowest BCUT2D eigenvalue weighted by atomic mass is 9.93. The molecular weight excluding hydrogens is 262 g/mol. The second-order valence-corrected chi connectivity index (χ2v) is 5.00. The quantitative estimate of drug-likeness (QED) is 0.862. The van der Waals surface area contributed by atoms with Crippen molar-refractivity contribution in [1.29, 1.82) is 0 Å².